The zero-order chi connectivity index (χ0) is 15.7. The fourth-order valence-electron chi connectivity index (χ4n) is 2.58. The molecule has 1 saturated heterocycles. The van der Waals surface area contributed by atoms with E-state index in [1.165, 1.54) is 12.1 Å². The number of benzene rings is 1. The first-order valence-corrected chi connectivity index (χ1v) is 7.12. The van der Waals surface area contributed by atoms with Crippen molar-refractivity contribution in [3.63, 3.8) is 0 Å². The molecule has 1 fully saturated rings. The third-order valence-electron chi connectivity index (χ3n) is 3.86. The lowest BCUT2D eigenvalue weighted by atomic mass is 10.1. The van der Waals surface area contributed by atoms with Gasteiger partial charge in [0.2, 0.25) is 0 Å². The standard InChI is InChI=1S/C14H17N3O5/c1-15-2-4-16(5-3-15)14(18)11-8-10(17(19)20)9-12-13(11)22-7-6-21-12/h8-9H,2-7H2,1H3. The molecule has 0 saturated carbocycles. The lowest BCUT2D eigenvalue weighted by molar-refractivity contribution is -0.385. The molecule has 1 aromatic carbocycles. The number of nitrogens with zero attached hydrogens (tertiary/aromatic N) is 3. The van der Waals surface area contributed by atoms with Crippen molar-refractivity contribution < 1.29 is 19.2 Å². The van der Waals surface area contributed by atoms with Crippen molar-refractivity contribution >= 4 is 11.6 Å². The summed E-state index contributed by atoms with van der Waals surface area (Å²) < 4.78 is 10.9. The van der Waals surface area contributed by atoms with Crippen molar-refractivity contribution in [3.05, 3.63) is 27.8 Å². The van der Waals surface area contributed by atoms with Gasteiger partial charge in [0.05, 0.1) is 16.6 Å². The fraction of sp³-hybridized carbons (Fsp3) is 0.500. The Hall–Kier alpha value is -2.35. The molecule has 0 unspecified atom stereocenters. The number of hydrogen-bond donors (Lipinski definition) is 0. The van der Waals surface area contributed by atoms with Gasteiger partial charge in [-0.05, 0) is 7.05 Å². The zero-order valence-electron chi connectivity index (χ0n) is 12.3. The van der Waals surface area contributed by atoms with Crippen LogP contribution in [0, 0.1) is 10.1 Å². The molecule has 8 nitrogen and oxygen atoms in total. The molecule has 0 spiro atoms. The van der Waals surface area contributed by atoms with E-state index in [2.05, 4.69) is 4.90 Å². The number of hydrogen-bond acceptors (Lipinski definition) is 6. The number of ether oxygens (including phenoxy) is 2. The third-order valence-corrected chi connectivity index (χ3v) is 3.86. The van der Waals surface area contributed by atoms with Crippen molar-refractivity contribution in [1.82, 2.24) is 9.80 Å². The molecule has 1 aromatic rings. The molecule has 0 bridgehead atoms. The van der Waals surface area contributed by atoms with Crippen LogP contribution in [0.4, 0.5) is 5.69 Å². The summed E-state index contributed by atoms with van der Waals surface area (Å²) in [4.78, 5) is 27.1. The monoisotopic (exact) mass is 307 g/mol. The second kappa shape index (κ2) is 5.80. The number of fused-ring (bicyclic) bond motifs is 1. The van der Waals surface area contributed by atoms with Crippen LogP contribution in [0.5, 0.6) is 11.5 Å². The minimum Gasteiger partial charge on any atom is -0.486 e. The average Bonchev–Trinajstić information content (AvgIpc) is 2.53. The lowest BCUT2D eigenvalue weighted by Gasteiger charge is -2.33. The van der Waals surface area contributed by atoms with Crippen LogP contribution in [0.2, 0.25) is 0 Å². The minimum atomic E-state index is -0.529. The van der Waals surface area contributed by atoms with Gasteiger partial charge in [0.25, 0.3) is 11.6 Å². The first-order chi connectivity index (χ1) is 10.6. The van der Waals surface area contributed by atoms with Gasteiger partial charge in [-0.1, -0.05) is 0 Å². The van der Waals surface area contributed by atoms with Crippen LogP contribution in [0.15, 0.2) is 12.1 Å². The van der Waals surface area contributed by atoms with Crippen LogP contribution in [-0.2, 0) is 0 Å². The third kappa shape index (κ3) is 2.69. The van der Waals surface area contributed by atoms with Crippen molar-refractivity contribution in [2.45, 2.75) is 0 Å². The van der Waals surface area contributed by atoms with E-state index >= 15 is 0 Å². The topological polar surface area (TPSA) is 85.2 Å². The molecule has 2 heterocycles. The predicted octanol–water partition coefficient (Wildman–Crippen LogP) is 0.754. The molecular weight excluding hydrogens is 290 g/mol. The summed E-state index contributed by atoms with van der Waals surface area (Å²) in [6.07, 6.45) is 0. The van der Waals surface area contributed by atoms with E-state index in [9.17, 15) is 14.9 Å². The van der Waals surface area contributed by atoms with Gasteiger partial charge in [-0.25, -0.2) is 0 Å². The molecule has 0 aliphatic carbocycles. The van der Waals surface area contributed by atoms with E-state index in [1.54, 1.807) is 4.90 Å². The number of nitro benzene ring substituents is 1. The minimum absolute atomic E-state index is 0.165. The molecule has 0 N–H and O–H groups in total. The van der Waals surface area contributed by atoms with Gasteiger partial charge in [-0.3, -0.25) is 14.9 Å². The first-order valence-electron chi connectivity index (χ1n) is 7.12. The number of likely N-dealkylation sites (N-methyl/N-ethyl adjacent to an activating group) is 1. The summed E-state index contributed by atoms with van der Waals surface area (Å²) in [5.74, 6) is 0.317. The molecule has 118 valence electrons. The highest BCUT2D eigenvalue weighted by atomic mass is 16.6. The summed E-state index contributed by atoms with van der Waals surface area (Å²) in [7, 11) is 1.99. The molecule has 0 radical (unpaired) electrons. The Morgan fingerprint density at radius 3 is 2.55 bits per heavy atom. The molecule has 22 heavy (non-hydrogen) atoms. The Labute approximate surface area is 127 Å². The summed E-state index contributed by atoms with van der Waals surface area (Å²) in [6, 6.07) is 2.57. The Morgan fingerprint density at radius 1 is 1.18 bits per heavy atom. The van der Waals surface area contributed by atoms with Gasteiger partial charge in [0.1, 0.15) is 13.2 Å². The normalized spacial score (nSPS) is 18.1. The van der Waals surface area contributed by atoms with Crippen LogP contribution in [-0.4, -0.2) is 67.1 Å². The SMILES string of the molecule is CN1CCN(C(=O)c2cc([N+](=O)[O-])cc3c2OCCO3)CC1. The number of non-ortho nitro benzene ring substituents is 1. The van der Waals surface area contributed by atoms with Gasteiger partial charge in [-0.15, -0.1) is 0 Å². The first kappa shape index (κ1) is 14.6. The van der Waals surface area contributed by atoms with E-state index in [1.807, 2.05) is 7.05 Å². The molecule has 0 aromatic heterocycles. The largest absolute Gasteiger partial charge is 0.486 e. The van der Waals surface area contributed by atoms with Crippen molar-refractivity contribution in [2.24, 2.45) is 0 Å². The summed E-state index contributed by atoms with van der Waals surface area (Å²) >= 11 is 0. The van der Waals surface area contributed by atoms with E-state index in [0.29, 0.717) is 32.1 Å². The maximum absolute atomic E-state index is 12.7. The highest BCUT2D eigenvalue weighted by Crippen LogP contribution is 2.38. The van der Waals surface area contributed by atoms with Gasteiger partial charge in [-0.2, -0.15) is 0 Å². The van der Waals surface area contributed by atoms with Gasteiger partial charge in [0.15, 0.2) is 11.5 Å². The molecular formula is C14H17N3O5. The van der Waals surface area contributed by atoms with Gasteiger partial charge >= 0.3 is 0 Å². The Balaban J connectivity index is 1.96. The Kier molecular flexibility index (Phi) is 3.84. The van der Waals surface area contributed by atoms with Crippen LogP contribution in [0.25, 0.3) is 0 Å². The van der Waals surface area contributed by atoms with Crippen LogP contribution in [0.1, 0.15) is 10.4 Å². The summed E-state index contributed by atoms with van der Waals surface area (Å²) in [5, 5.41) is 11.1. The van der Waals surface area contributed by atoms with Gasteiger partial charge in [0, 0.05) is 32.2 Å². The van der Waals surface area contributed by atoms with Crippen LogP contribution >= 0.6 is 0 Å². The van der Waals surface area contributed by atoms with Crippen molar-refractivity contribution in [2.75, 3.05) is 46.4 Å². The molecule has 1 amide bonds. The number of amides is 1. The number of piperazine rings is 1. The second-order valence-corrected chi connectivity index (χ2v) is 5.37. The average molecular weight is 307 g/mol. The Morgan fingerprint density at radius 2 is 1.86 bits per heavy atom. The van der Waals surface area contributed by atoms with Crippen LogP contribution < -0.4 is 9.47 Å². The van der Waals surface area contributed by atoms with E-state index in [0.717, 1.165) is 13.1 Å². The number of carbonyl (C=O) groups excluding carboxylic acids is 1. The Bertz CT molecular complexity index is 611. The van der Waals surface area contributed by atoms with E-state index < -0.39 is 4.92 Å². The summed E-state index contributed by atoms with van der Waals surface area (Å²) in [6.45, 7) is 3.38. The van der Waals surface area contributed by atoms with Gasteiger partial charge < -0.3 is 19.3 Å². The summed E-state index contributed by atoms with van der Waals surface area (Å²) in [5.41, 5.74) is 0.0372. The maximum atomic E-state index is 12.7. The molecule has 2 aliphatic rings. The molecule has 3 rings (SSSR count). The number of rotatable bonds is 2. The van der Waals surface area contributed by atoms with Crippen molar-refractivity contribution in [3.8, 4) is 11.5 Å². The van der Waals surface area contributed by atoms with Crippen molar-refractivity contribution in [1.29, 1.82) is 0 Å². The molecule has 0 atom stereocenters. The molecule has 8 heteroatoms. The van der Waals surface area contributed by atoms with E-state index in [4.69, 9.17) is 9.47 Å². The number of nitro groups is 1. The predicted molar refractivity (Wildman–Crippen MR) is 77.5 cm³/mol. The highest BCUT2D eigenvalue weighted by molar-refractivity contribution is 5.98. The number of carbonyl (C=O) groups is 1. The van der Waals surface area contributed by atoms with E-state index in [-0.39, 0.29) is 22.9 Å². The fourth-order valence-corrected chi connectivity index (χ4v) is 2.58. The second-order valence-electron chi connectivity index (χ2n) is 5.37. The lowest BCUT2D eigenvalue weighted by Crippen LogP contribution is -2.47. The molecule has 2 aliphatic heterocycles. The smallest absolute Gasteiger partial charge is 0.274 e. The zero-order valence-corrected chi connectivity index (χ0v) is 12.3. The quantitative estimate of drug-likeness (QED) is 0.592. The maximum Gasteiger partial charge on any atom is 0.274 e. The highest BCUT2D eigenvalue weighted by Gasteiger charge is 2.29. The van der Waals surface area contributed by atoms with Crippen LogP contribution in [0.3, 0.4) is 0 Å².